The Morgan fingerprint density at radius 3 is 2.91 bits per heavy atom. The predicted octanol–water partition coefficient (Wildman–Crippen LogP) is 1.89. The van der Waals surface area contributed by atoms with Crippen LogP contribution in [0.1, 0.15) is 18.6 Å². The van der Waals surface area contributed by atoms with Crippen LogP contribution in [0.4, 0.5) is 5.69 Å². The van der Waals surface area contributed by atoms with Crippen LogP contribution in [-0.4, -0.2) is 5.21 Å². The minimum Gasteiger partial charge on any atom is -0.264 e. The molecule has 1 atom stereocenters. The number of rotatable bonds is 0. The van der Waals surface area contributed by atoms with Crippen LogP contribution >= 0.6 is 0 Å². The lowest BCUT2D eigenvalue weighted by Crippen LogP contribution is -2.11. The fourth-order valence-corrected chi connectivity index (χ4v) is 1.27. The van der Waals surface area contributed by atoms with E-state index < -0.39 is 0 Å². The van der Waals surface area contributed by atoms with E-state index in [0.29, 0.717) is 0 Å². The van der Waals surface area contributed by atoms with Gasteiger partial charge in [0, 0.05) is 5.56 Å². The first-order valence-electron chi connectivity index (χ1n) is 3.54. The Hall–Kier alpha value is -1.06. The van der Waals surface area contributed by atoms with E-state index in [9.17, 15) is 0 Å². The Morgan fingerprint density at radius 2 is 2.18 bits per heavy atom. The van der Waals surface area contributed by atoms with Gasteiger partial charge in [0.15, 0.2) is 0 Å². The highest BCUT2D eigenvalue weighted by Crippen LogP contribution is 2.35. The Morgan fingerprint density at radius 1 is 1.45 bits per heavy atom. The van der Waals surface area contributed by atoms with E-state index in [1.165, 1.54) is 0 Å². The summed E-state index contributed by atoms with van der Waals surface area (Å²) < 4.78 is 0. The maximum atomic E-state index is 9.16. The molecule has 0 bridgehead atoms. The van der Waals surface area contributed by atoms with Crippen molar-refractivity contribution in [3.63, 3.8) is 0 Å². The van der Waals surface area contributed by atoms with E-state index in [2.05, 4.69) is 0 Å². The van der Waals surface area contributed by atoms with Gasteiger partial charge in [0.1, 0.15) is 11.8 Å². The topological polar surface area (TPSA) is 32.7 Å². The predicted molar refractivity (Wildman–Crippen MR) is 40.2 cm³/mol. The normalized spacial score (nSPS) is 22.0. The second-order valence-electron chi connectivity index (χ2n) is 2.58. The van der Waals surface area contributed by atoms with Crippen molar-refractivity contribution in [2.24, 2.45) is 0 Å². The third kappa shape index (κ3) is 0.895. The minimum absolute atomic E-state index is 0.0452. The number of benzene rings is 1. The molecule has 0 aliphatic carbocycles. The number of para-hydroxylation sites is 1. The minimum atomic E-state index is -0.0452. The van der Waals surface area contributed by atoms with Crippen LogP contribution in [0.15, 0.2) is 24.3 Å². The van der Waals surface area contributed by atoms with Crippen molar-refractivity contribution in [2.75, 3.05) is 5.23 Å². The fourth-order valence-electron chi connectivity index (χ4n) is 1.27. The zero-order valence-electron chi connectivity index (χ0n) is 6.19. The molecule has 0 spiro atoms. The molecule has 1 N–H and O–H groups in total. The van der Waals surface area contributed by atoms with Crippen LogP contribution in [0, 0.1) is 0 Å². The van der Waals surface area contributed by atoms with Crippen molar-refractivity contribution in [2.45, 2.75) is 13.0 Å². The molecule has 0 radical (unpaired) electrons. The van der Waals surface area contributed by atoms with E-state index in [4.69, 9.17) is 10.0 Å². The molecule has 0 saturated carbocycles. The van der Waals surface area contributed by atoms with Crippen molar-refractivity contribution in [3.05, 3.63) is 29.8 Å². The molecule has 0 amide bonds. The number of nitrogens with zero attached hydrogens (tertiary/aromatic N) is 1. The SMILES string of the molecule is C[C@H]1ON(O)c2ccccc21. The third-order valence-corrected chi connectivity index (χ3v) is 1.84. The van der Waals surface area contributed by atoms with E-state index >= 15 is 0 Å². The van der Waals surface area contributed by atoms with E-state index in [-0.39, 0.29) is 6.10 Å². The summed E-state index contributed by atoms with van der Waals surface area (Å²) in [6.45, 7) is 1.90. The first-order chi connectivity index (χ1) is 5.29. The smallest absolute Gasteiger partial charge is 0.113 e. The standard InChI is InChI=1S/C8H9NO2/c1-6-7-4-2-3-5-8(7)9(10)11-6/h2-6,10H,1H3/t6-/m1/s1. The summed E-state index contributed by atoms with van der Waals surface area (Å²) in [6.07, 6.45) is -0.0452. The molecular formula is C8H9NO2. The van der Waals surface area contributed by atoms with Crippen molar-refractivity contribution >= 4 is 5.69 Å². The number of fused-ring (bicyclic) bond motifs is 1. The average molecular weight is 151 g/mol. The Labute approximate surface area is 64.7 Å². The van der Waals surface area contributed by atoms with Gasteiger partial charge in [-0.3, -0.25) is 5.21 Å². The first kappa shape index (κ1) is 6.64. The van der Waals surface area contributed by atoms with Crippen molar-refractivity contribution in [1.29, 1.82) is 0 Å². The lowest BCUT2D eigenvalue weighted by Gasteiger charge is -2.06. The molecule has 0 unspecified atom stereocenters. The number of anilines is 1. The summed E-state index contributed by atoms with van der Waals surface area (Å²) in [5, 5.41) is 9.98. The number of hydrogen-bond donors (Lipinski definition) is 1. The van der Waals surface area contributed by atoms with Gasteiger partial charge in [-0.1, -0.05) is 18.2 Å². The summed E-state index contributed by atoms with van der Waals surface area (Å²) in [6, 6.07) is 7.55. The van der Waals surface area contributed by atoms with Crippen LogP contribution in [0.5, 0.6) is 0 Å². The van der Waals surface area contributed by atoms with Crippen LogP contribution in [0.25, 0.3) is 0 Å². The van der Waals surface area contributed by atoms with Crippen LogP contribution in [-0.2, 0) is 4.84 Å². The van der Waals surface area contributed by atoms with Gasteiger partial charge >= 0.3 is 0 Å². The van der Waals surface area contributed by atoms with Gasteiger partial charge in [-0.25, -0.2) is 4.84 Å². The van der Waals surface area contributed by atoms with Gasteiger partial charge in [0.05, 0.1) is 0 Å². The molecule has 1 aromatic carbocycles. The number of hydrogen-bond acceptors (Lipinski definition) is 3. The van der Waals surface area contributed by atoms with Crippen molar-refractivity contribution < 1.29 is 10.0 Å². The quantitative estimate of drug-likeness (QED) is 0.614. The van der Waals surface area contributed by atoms with Gasteiger partial charge in [0.25, 0.3) is 0 Å². The summed E-state index contributed by atoms with van der Waals surface area (Å²) in [5.74, 6) is 0. The molecule has 1 aliphatic rings. The molecule has 58 valence electrons. The van der Waals surface area contributed by atoms with Crippen molar-refractivity contribution in [3.8, 4) is 0 Å². The van der Waals surface area contributed by atoms with Gasteiger partial charge in [0.2, 0.25) is 0 Å². The summed E-state index contributed by atoms with van der Waals surface area (Å²) in [4.78, 5) is 5.02. The highest BCUT2D eigenvalue weighted by Gasteiger charge is 2.24. The van der Waals surface area contributed by atoms with Gasteiger partial charge < -0.3 is 0 Å². The average Bonchev–Trinajstić information content (AvgIpc) is 2.30. The Balaban J connectivity index is 2.52. The maximum Gasteiger partial charge on any atom is 0.113 e. The lowest BCUT2D eigenvalue weighted by molar-refractivity contribution is -0.0603. The molecule has 3 nitrogen and oxygen atoms in total. The largest absolute Gasteiger partial charge is 0.264 e. The molecule has 0 fully saturated rings. The zero-order valence-corrected chi connectivity index (χ0v) is 6.19. The monoisotopic (exact) mass is 151 g/mol. The summed E-state index contributed by atoms with van der Waals surface area (Å²) >= 11 is 0. The van der Waals surface area contributed by atoms with Crippen LogP contribution in [0.2, 0.25) is 0 Å². The molecule has 0 saturated heterocycles. The van der Waals surface area contributed by atoms with Gasteiger partial charge in [-0.2, -0.15) is 0 Å². The highest BCUT2D eigenvalue weighted by molar-refractivity contribution is 5.53. The Kier molecular flexibility index (Phi) is 1.34. The van der Waals surface area contributed by atoms with Gasteiger partial charge in [-0.15, -0.1) is 5.23 Å². The zero-order chi connectivity index (χ0) is 7.84. The van der Waals surface area contributed by atoms with E-state index in [1.54, 1.807) is 0 Å². The van der Waals surface area contributed by atoms with E-state index in [1.807, 2.05) is 31.2 Å². The van der Waals surface area contributed by atoms with E-state index in [0.717, 1.165) is 16.5 Å². The second kappa shape index (κ2) is 2.22. The molecule has 2 rings (SSSR count). The fraction of sp³-hybridized carbons (Fsp3) is 0.250. The first-order valence-corrected chi connectivity index (χ1v) is 3.54. The summed E-state index contributed by atoms with van der Waals surface area (Å²) in [5.41, 5.74) is 1.76. The highest BCUT2D eigenvalue weighted by atomic mass is 16.9. The molecule has 0 aromatic heterocycles. The van der Waals surface area contributed by atoms with Gasteiger partial charge in [-0.05, 0) is 13.0 Å². The molecule has 1 aliphatic heterocycles. The molecule has 1 aromatic rings. The molecule has 11 heavy (non-hydrogen) atoms. The summed E-state index contributed by atoms with van der Waals surface area (Å²) in [7, 11) is 0. The Bertz CT molecular complexity index is 248. The van der Waals surface area contributed by atoms with Crippen LogP contribution < -0.4 is 5.23 Å². The lowest BCUT2D eigenvalue weighted by atomic mass is 10.1. The molecular weight excluding hydrogens is 142 g/mol. The van der Waals surface area contributed by atoms with Crippen LogP contribution in [0.3, 0.4) is 0 Å². The van der Waals surface area contributed by atoms with Crippen molar-refractivity contribution in [1.82, 2.24) is 0 Å². The third-order valence-electron chi connectivity index (χ3n) is 1.84. The molecule has 3 heteroatoms. The second-order valence-corrected chi connectivity index (χ2v) is 2.58. The molecule has 1 heterocycles. The maximum absolute atomic E-state index is 9.16.